The Labute approximate surface area is 227 Å². The van der Waals surface area contributed by atoms with Crippen LogP contribution in [0.25, 0.3) is 5.76 Å². The van der Waals surface area contributed by atoms with Crippen LogP contribution in [0.2, 0.25) is 0 Å². The molecule has 1 amide bonds. The van der Waals surface area contributed by atoms with E-state index in [4.69, 9.17) is 9.47 Å². The van der Waals surface area contributed by atoms with Gasteiger partial charge in [-0.3, -0.25) is 9.59 Å². The summed E-state index contributed by atoms with van der Waals surface area (Å²) in [6, 6.07) is 13.6. The highest BCUT2D eigenvalue weighted by Crippen LogP contribution is 2.40. The number of nitrogens with zero attached hydrogens (tertiary/aromatic N) is 1. The van der Waals surface area contributed by atoms with E-state index in [0.717, 1.165) is 30.6 Å². The molecule has 38 heavy (non-hydrogen) atoms. The summed E-state index contributed by atoms with van der Waals surface area (Å²) >= 11 is 0. The van der Waals surface area contributed by atoms with Gasteiger partial charge in [0.05, 0.1) is 25.3 Å². The summed E-state index contributed by atoms with van der Waals surface area (Å²) < 4.78 is 10.8. The van der Waals surface area contributed by atoms with Gasteiger partial charge in [-0.15, -0.1) is 0 Å². The summed E-state index contributed by atoms with van der Waals surface area (Å²) in [7, 11) is 1.57. The molecule has 0 saturated carbocycles. The lowest BCUT2D eigenvalue weighted by Crippen LogP contribution is -2.30. The van der Waals surface area contributed by atoms with Gasteiger partial charge in [-0.2, -0.15) is 0 Å². The first-order valence-electron chi connectivity index (χ1n) is 14.2. The van der Waals surface area contributed by atoms with Crippen molar-refractivity contribution in [2.45, 2.75) is 84.1 Å². The molecule has 1 saturated heterocycles. The van der Waals surface area contributed by atoms with Crippen LogP contribution in [0, 0.1) is 0 Å². The standard InChI is InChI=1S/C32H43NO5/c1-4-6-7-8-9-10-11-12-13-14-23-33-29(24-15-21-27(22-16-24)38-5-2)28(31(35)32(33)36)30(34)25-17-19-26(37-3)20-18-25/h15-22,29,34H,4-14,23H2,1-3H3/t29-/m0/s1. The molecule has 0 aliphatic carbocycles. The van der Waals surface area contributed by atoms with E-state index in [2.05, 4.69) is 6.92 Å². The first-order valence-corrected chi connectivity index (χ1v) is 14.2. The molecule has 2 aromatic carbocycles. The van der Waals surface area contributed by atoms with Gasteiger partial charge in [0.25, 0.3) is 11.7 Å². The van der Waals surface area contributed by atoms with Crippen molar-refractivity contribution in [1.29, 1.82) is 0 Å². The minimum absolute atomic E-state index is 0.122. The fourth-order valence-electron chi connectivity index (χ4n) is 5.04. The number of aliphatic hydroxyl groups is 1. The maximum absolute atomic E-state index is 13.2. The van der Waals surface area contributed by atoms with Crippen molar-refractivity contribution in [3.8, 4) is 11.5 Å². The van der Waals surface area contributed by atoms with Gasteiger partial charge in [0.2, 0.25) is 0 Å². The number of Topliss-reactive ketones (excluding diaryl/α,β-unsaturated/α-hetero) is 1. The second-order valence-electron chi connectivity index (χ2n) is 9.91. The maximum atomic E-state index is 13.2. The van der Waals surface area contributed by atoms with E-state index < -0.39 is 17.7 Å². The van der Waals surface area contributed by atoms with Crippen LogP contribution in [-0.4, -0.2) is 42.0 Å². The normalized spacial score (nSPS) is 16.7. The molecule has 1 N–H and O–H groups in total. The van der Waals surface area contributed by atoms with E-state index in [9.17, 15) is 14.7 Å². The quantitative estimate of drug-likeness (QED) is 0.108. The van der Waals surface area contributed by atoms with Crippen LogP contribution < -0.4 is 9.47 Å². The van der Waals surface area contributed by atoms with Gasteiger partial charge in [0.15, 0.2) is 0 Å². The molecule has 1 fully saturated rings. The third kappa shape index (κ3) is 7.62. The number of hydrogen-bond acceptors (Lipinski definition) is 5. The zero-order valence-corrected chi connectivity index (χ0v) is 23.2. The Morgan fingerprint density at radius 2 is 1.34 bits per heavy atom. The number of carbonyl (C=O) groups is 2. The molecule has 3 rings (SSSR count). The van der Waals surface area contributed by atoms with E-state index in [1.54, 1.807) is 36.3 Å². The lowest BCUT2D eigenvalue weighted by atomic mass is 9.95. The van der Waals surface area contributed by atoms with Crippen molar-refractivity contribution in [1.82, 2.24) is 4.90 Å². The highest BCUT2D eigenvalue weighted by atomic mass is 16.5. The third-order valence-corrected chi connectivity index (χ3v) is 7.16. The molecular weight excluding hydrogens is 478 g/mol. The zero-order chi connectivity index (χ0) is 27.3. The first kappa shape index (κ1) is 29.3. The van der Waals surface area contributed by atoms with Crippen LogP contribution >= 0.6 is 0 Å². The number of hydrogen-bond donors (Lipinski definition) is 1. The molecule has 1 aliphatic heterocycles. The molecule has 6 nitrogen and oxygen atoms in total. The summed E-state index contributed by atoms with van der Waals surface area (Å²) in [5.41, 5.74) is 1.37. The summed E-state index contributed by atoms with van der Waals surface area (Å²) in [5.74, 6) is -0.0151. The van der Waals surface area contributed by atoms with Gasteiger partial charge >= 0.3 is 0 Å². The van der Waals surface area contributed by atoms with Crippen LogP contribution in [0.5, 0.6) is 11.5 Å². The number of rotatable bonds is 16. The summed E-state index contributed by atoms with van der Waals surface area (Å²) in [6.45, 7) is 5.18. The monoisotopic (exact) mass is 521 g/mol. The maximum Gasteiger partial charge on any atom is 0.295 e. The molecular formula is C32H43NO5. The summed E-state index contributed by atoms with van der Waals surface area (Å²) in [4.78, 5) is 28.0. The van der Waals surface area contributed by atoms with Crippen molar-refractivity contribution < 1.29 is 24.2 Å². The van der Waals surface area contributed by atoms with E-state index in [0.29, 0.717) is 24.5 Å². The minimum Gasteiger partial charge on any atom is -0.507 e. The molecule has 0 radical (unpaired) electrons. The SMILES string of the molecule is CCCCCCCCCCCCN1C(=O)C(=O)C(=C(O)c2ccc(OC)cc2)[C@@H]1c1ccc(OCC)cc1. The molecule has 0 bridgehead atoms. The Hall–Kier alpha value is -3.28. The third-order valence-electron chi connectivity index (χ3n) is 7.16. The van der Waals surface area contributed by atoms with Gasteiger partial charge in [0, 0.05) is 12.1 Å². The van der Waals surface area contributed by atoms with E-state index in [1.165, 1.54) is 44.9 Å². The van der Waals surface area contributed by atoms with Gasteiger partial charge in [0.1, 0.15) is 17.3 Å². The van der Waals surface area contributed by atoms with Crippen LogP contribution in [0.3, 0.4) is 0 Å². The number of amides is 1. The number of unbranched alkanes of at least 4 members (excludes halogenated alkanes) is 9. The van der Waals surface area contributed by atoms with E-state index in [1.807, 2.05) is 31.2 Å². The topological polar surface area (TPSA) is 76.1 Å². The predicted octanol–water partition coefficient (Wildman–Crippen LogP) is 7.44. The Balaban J connectivity index is 1.75. The molecule has 0 unspecified atom stereocenters. The van der Waals surface area contributed by atoms with Gasteiger partial charge in [-0.05, 0) is 55.3 Å². The number of carbonyl (C=O) groups excluding carboxylic acids is 2. The van der Waals surface area contributed by atoms with Crippen molar-refractivity contribution in [2.75, 3.05) is 20.3 Å². The Morgan fingerprint density at radius 1 is 0.789 bits per heavy atom. The number of ether oxygens (including phenoxy) is 2. The largest absolute Gasteiger partial charge is 0.507 e. The number of likely N-dealkylation sites (tertiary alicyclic amines) is 1. The smallest absolute Gasteiger partial charge is 0.295 e. The molecule has 0 aromatic heterocycles. The van der Waals surface area contributed by atoms with Crippen LogP contribution in [0.4, 0.5) is 0 Å². The van der Waals surface area contributed by atoms with E-state index >= 15 is 0 Å². The molecule has 1 atom stereocenters. The van der Waals surface area contributed by atoms with Crippen molar-refractivity contribution >= 4 is 17.4 Å². The molecule has 0 spiro atoms. The molecule has 1 aliphatic rings. The lowest BCUT2D eigenvalue weighted by Gasteiger charge is -2.25. The second kappa shape index (κ2) is 15.2. The minimum atomic E-state index is -0.649. The molecule has 206 valence electrons. The highest BCUT2D eigenvalue weighted by Gasteiger charge is 2.45. The fraction of sp³-hybridized carbons (Fsp3) is 0.500. The Kier molecular flexibility index (Phi) is 11.7. The number of aliphatic hydroxyl groups excluding tert-OH is 1. The average molecular weight is 522 g/mol. The Bertz CT molecular complexity index is 1060. The number of ketones is 1. The van der Waals surface area contributed by atoms with Crippen LogP contribution in [0.15, 0.2) is 54.1 Å². The second-order valence-corrected chi connectivity index (χ2v) is 9.91. The van der Waals surface area contributed by atoms with Crippen molar-refractivity contribution in [3.63, 3.8) is 0 Å². The van der Waals surface area contributed by atoms with Gasteiger partial charge < -0.3 is 19.5 Å². The van der Waals surface area contributed by atoms with Crippen LogP contribution in [0.1, 0.15) is 95.2 Å². The molecule has 6 heteroatoms. The van der Waals surface area contributed by atoms with Gasteiger partial charge in [-0.25, -0.2) is 0 Å². The highest BCUT2D eigenvalue weighted by molar-refractivity contribution is 6.46. The summed E-state index contributed by atoms with van der Waals surface area (Å²) in [6.07, 6.45) is 11.9. The zero-order valence-electron chi connectivity index (χ0n) is 23.2. The first-order chi connectivity index (χ1) is 18.5. The average Bonchev–Trinajstić information content (AvgIpc) is 3.19. The van der Waals surface area contributed by atoms with Crippen molar-refractivity contribution in [2.24, 2.45) is 0 Å². The molecule has 2 aromatic rings. The lowest BCUT2D eigenvalue weighted by molar-refractivity contribution is -0.139. The fourth-order valence-corrected chi connectivity index (χ4v) is 5.04. The Morgan fingerprint density at radius 3 is 1.89 bits per heavy atom. The predicted molar refractivity (Wildman–Crippen MR) is 151 cm³/mol. The van der Waals surface area contributed by atoms with Gasteiger partial charge in [-0.1, -0.05) is 76.8 Å². The summed E-state index contributed by atoms with van der Waals surface area (Å²) in [5, 5.41) is 11.2. The molecule has 1 heterocycles. The number of methoxy groups -OCH3 is 1. The van der Waals surface area contributed by atoms with Crippen molar-refractivity contribution in [3.05, 3.63) is 65.2 Å². The van der Waals surface area contributed by atoms with Crippen LogP contribution in [-0.2, 0) is 9.59 Å². The van der Waals surface area contributed by atoms with E-state index in [-0.39, 0.29) is 11.3 Å². The number of benzene rings is 2.